The third kappa shape index (κ3) is 10.4. The molecule has 0 aliphatic rings. The van der Waals surface area contributed by atoms with Crippen LogP contribution >= 0.6 is 0 Å². The fourth-order valence-electron chi connectivity index (χ4n) is 1.83. The lowest BCUT2D eigenvalue weighted by molar-refractivity contribution is -0.155. The van der Waals surface area contributed by atoms with Crippen molar-refractivity contribution in [3.63, 3.8) is 0 Å². The summed E-state index contributed by atoms with van der Waals surface area (Å²) in [7, 11) is 0. The maximum absolute atomic E-state index is 5.61. The predicted molar refractivity (Wildman–Crippen MR) is 71.5 cm³/mol. The molecule has 0 amide bonds. The molecule has 2 heteroatoms. The first-order valence-electron chi connectivity index (χ1n) is 7.23. The van der Waals surface area contributed by atoms with Crippen LogP contribution in [0.5, 0.6) is 0 Å². The maximum Gasteiger partial charge on any atom is 0.0656 e. The second-order valence-electron chi connectivity index (χ2n) is 4.47. The number of hydrogen-bond acceptors (Lipinski definition) is 2. The van der Waals surface area contributed by atoms with Gasteiger partial charge in [0.05, 0.1) is 6.61 Å². The molecule has 0 atom stereocenters. The molecule has 0 bridgehead atoms. The monoisotopic (exact) mass is 229 g/mol. The molecule has 0 unspecified atom stereocenters. The summed E-state index contributed by atoms with van der Waals surface area (Å²) in [6.45, 7) is 9.58. The minimum atomic E-state index is 0.805. The molecular formula is C14H31NO. The molecule has 0 aromatic heterocycles. The van der Waals surface area contributed by atoms with Gasteiger partial charge < -0.3 is 0 Å². The summed E-state index contributed by atoms with van der Waals surface area (Å²) in [6, 6.07) is 0. The number of nitrogens with zero attached hydrogens (tertiary/aromatic N) is 1. The Kier molecular flexibility index (Phi) is 12.9. The van der Waals surface area contributed by atoms with Gasteiger partial charge in [0, 0.05) is 13.1 Å². The fourth-order valence-corrected chi connectivity index (χ4v) is 1.83. The van der Waals surface area contributed by atoms with E-state index in [1.165, 1.54) is 51.4 Å². The van der Waals surface area contributed by atoms with Crippen LogP contribution in [0.1, 0.15) is 72.1 Å². The van der Waals surface area contributed by atoms with Gasteiger partial charge in [0.25, 0.3) is 0 Å². The van der Waals surface area contributed by atoms with Gasteiger partial charge in [-0.2, -0.15) is 5.06 Å². The van der Waals surface area contributed by atoms with Gasteiger partial charge in [0.2, 0.25) is 0 Å². The van der Waals surface area contributed by atoms with Crippen molar-refractivity contribution in [3.8, 4) is 0 Å². The quantitative estimate of drug-likeness (QED) is 0.363. The Bertz CT molecular complexity index is 128. The van der Waals surface area contributed by atoms with Crippen molar-refractivity contribution >= 4 is 0 Å². The van der Waals surface area contributed by atoms with Crippen molar-refractivity contribution in [2.45, 2.75) is 72.1 Å². The average Bonchev–Trinajstić information content (AvgIpc) is 2.30. The molecule has 0 spiro atoms. The Hall–Kier alpha value is -0.0800. The molecule has 0 fully saturated rings. The van der Waals surface area contributed by atoms with Crippen LogP contribution in [-0.2, 0) is 4.84 Å². The van der Waals surface area contributed by atoms with E-state index in [9.17, 15) is 0 Å². The summed E-state index contributed by atoms with van der Waals surface area (Å²) in [5.41, 5.74) is 0. The first kappa shape index (κ1) is 15.9. The number of unbranched alkanes of at least 4 members (excludes halogenated alkanes) is 6. The Morgan fingerprint density at radius 2 is 1.25 bits per heavy atom. The zero-order chi connectivity index (χ0) is 12.1. The number of hydrogen-bond donors (Lipinski definition) is 0. The highest BCUT2D eigenvalue weighted by Crippen LogP contribution is 2.06. The summed E-state index contributed by atoms with van der Waals surface area (Å²) < 4.78 is 0. The second kappa shape index (κ2) is 13.0. The lowest BCUT2D eigenvalue weighted by Crippen LogP contribution is -2.26. The molecule has 0 N–H and O–H groups in total. The normalized spacial score (nSPS) is 11.2. The molecule has 0 heterocycles. The van der Waals surface area contributed by atoms with Gasteiger partial charge in [-0.15, -0.1) is 0 Å². The molecule has 0 radical (unpaired) electrons. The fraction of sp³-hybridized carbons (Fsp3) is 1.00. The van der Waals surface area contributed by atoms with Crippen LogP contribution in [0, 0.1) is 0 Å². The lowest BCUT2D eigenvalue weighted by atomic mass is 10.1. The zero-order valence-electron chi connectivity index (χ0n) is 11.6. The van der Waals surface area contributed by atoms with Gasteiger partial charge in [-0.05, 0) is 19.8 Å². The van der Waals surface area contributed by atoms with Crippen molar-refractivity contribution in [2.24, 2.45) is 0 Å². The molecule has 0 aromatic rings. The first-order chi connectivity index (χ1) is 7.85. The summed E-state index contributed by atoms with van der Waals surface area (Å²) in [5, 5.41) is 2.16. The Morgan fingerprint density at radius 3 is 1.88 bits per heavy atom. The molecule has 0 saturated carbocycles. The first-order valence-corrected chi connectivity index (χ1v) is 7.23. The van der Waals surface area contributed by atoms with Crippen LogP contribution in [0.2, 0.25) is 0 Å². The van der Waals surface area contributed by atoms with Crippen LogP contribution < -0.4 is 0 Å². The Balaban J connectivity index is 3.36. The van der Waals surface area contributed by atoms with Crippen molar-refractivity contribution < 1.29 is 4.84 Å². The highest BCUT2D eigenvalue weighted by Gasteiger charge is 2.02. The molecular weight excluding hydrogens is 198 g/mol. The average molecular weight is 229 g/mol. The van der Waals surface area contributed by atoms with Gasteiger partial charge in [0.15, 0.2) is 0 Å². The standard InChI is InChI=1S/C14H31NO/c1-4-7-9-10-11-12-14-15(16-6-3)13-8-5-2/h4-14H2,1-3H3. The van der Waals surface area contributed by atoms with Gasteiger partial charge in [-0.1, -0.05) is 52.4 Å². The van der Waals surface area contributed by atoms with Crippen LogP contribution in [-0.4, -0.2) is 24.8 Å². The van der Waals surface area contributed by atoms with Crippen LogP contribution in [0.25, 0.3) is 0 Å². The van der Waals surface area contributed by atoms with E-state index in [1.54, 1.807) is 0 Å². The molecule has 0 aliphatic carbocycles. The number of rotatable bonds is 12. The van der Waals surface area contributed by atoms with Crippen molar-refractivity contribution in [3.05, 3.63) is 0 Å². The van der Waals surface area contributed by atoms with Gasteiger partial charge in [0.1, 0.15) is 0 Å². The molecule has 0 aliphatic heterocycles. The van der Waals surface area contributed by atoms with E-state index in [1.807, 2.05) is 0 Å². The topological polar surface area (TPSA) is 12.5 Å². The van der Waals surface area contributed by atoms with E-state index in [0.717, 1.165) is 19.7 Å². The summed E-state index contributed by atoms with van der Waals surface area (Å²) in [5.74, 6) is 0. The number of hydroxylamine groups is 2. The van der Waals surface area contributed by atoms with E-state index in [-0.39, 0.29) is 0 Å². The molecule has 0 rings (SSSR count). The smallest absolute Gasteiger partial charge is 0.0656 e. The Labute approximate surface area is 102 Å². The second-order valence-corrected chi connectivity index (χ2v) is 4.47. The zero-order valence-corrected chi connectivity index (χ0v) is 11.6. The van der Waals surface area contributed by atoms with E-state index in [2.05, 4.69) is 25.8 Å². The van der Waals surface area contributed by atoms with Crippen molar-refractivity contribution in [2.75, 3.05) is 19.7 Å². The summed E-state index contributed by atoms with van der Waals surface area (Å²) in [4.78, 5) is 5.61. The minimum Gasteiger partial charge on any atom is -0.299 e. The van der Waals surface area contributed by atoms with Crippen LogP contribution in [0.3, 0.4) is 0 Å². The Morgan fingerprint density at radius 1 is 0.688 bits per heavy atom. The third-order valence-corrected chi connectivity index (χ3v) is 2.83. The van der Waals surface area contributed by atoms with Gasteiger partial charge in [-0.25, -0.2) is 0 Å². The van der Waals surface area contributed by atoms with Crippen LogP contribution in [0.15, 0.2) is 0 Å². The highest BCUT2D eigenvalue weighted by molar-refractivity contribution is 4.50. The van der Waals surface area contributed by atoms with E-state index in [0.29, 0.717) is 0 Å². The van der Waals surface area contributed by atoms with Gasteiger partial charge in [-0.3, -0.25) is 4.84 Å². The SMILES string of the molecule is CCCCCCCCN(CCCC)OCC. The van der Waals surface area contributed by atoms with E-state index >= 15 is 0 Å². The molecule has 0 aromatic carbocycles. The highest BCUT2D eigenvalue weighted by atomic mass is 16.7. The lowest BCUT2D eigenvalue weighted by Gasteiger charge is -2.20. The minimum absolute atomic E-state index is 0.805. The van der Waals surface area contributed by atoms with Crippen LogP contribution in [0.4, 0.5) is 0 Å². The molecule has 0 saturated heterocycles. The largest absolute Gasteiger partial charge is 0.299 e. The maximum atomic E-state index is 5.61. The third-order valence-electron chi connectivity index (χ3n) is 2.83. The molecule has 16 heavy (non-hydrogen) atoms. The summed E-state index contributed by atoms with van der Waals surface area (Å²) >= 11 is 0. The van der Waals surface area contributed by atoms with E-state index < -0.39 is 0 Å². The van der Waals surface area contributed by atoms with Crippen molar-refractivity contribution in [1.82, 2.24) is 5.06 Å². The van der Waals surface area contributed by atoms with Gasteiger partial charge >= 0.3 is 0 Å². The molecule has 98 valence electrons. The predicted octanol–water partition coefficient (Wildman–Crippen LogP) is 4.40. The van der Waals surface area contributed by atoms with Crippen molar-refractivity contribution in [1.29, 1.82) is 0 Å². The summed E-state index contributed by atoms with van der Waals surface area (Å²) in [6.07, 6.45) is 10.7. The molecule has 2 nitrogen and oxygen atoms in total. The van der Waals surface area contributed by atoms with E-state index in [4.69, 9.17) is 4.84 Å².